The molecule has 1 amide bonds. The molecule has 3 aromatic rings. The zero-order chi connectivity index (χ0) is 21.5. The number of rotatable bonds is 9. The van der Waals surface area contributed by atoms with E-state index in [4.69, 9.17) is 0 Å². The van der Waals surface area contributed by atoms with Gasteiger partial charge < -0.3 is 5.32 Å². The molecule has 1 aromatic heterocycles. The molecule has 2 aromatic carbocycles. The Morgan fingerprint density at radius 2 is 1.73 bits per heavy atom. The number of nitrogens with one attached hydrogen (secondary N) is 1. The van der Waals surface area contributed by atoms with E-state index < -0.39 is 0 Å². The Hall–Kier alpha value is -2.67. The van der Waals surface area contributed by atoms with Crippen LogP contribution in [0.4, 0.5) is 0 Å². The van der Waals surface area contributed by atoms with Crippen molar-refractivity contribution < 1.29 is 4.79 Å². The van der Waals surface area contributed by atoms with Gasteiger partial charge in [-0.05, 0) is 66.3 Å². The topological polar surface area (TPSA) is 72.7 Å². The Kier molecular flexibility index (Phi) is 7.63. The fourth-order valence-electron chi connectivity index (χ4n) is 3.09. The molecule has 3 rings (SSSR count). The lowest BCUT2D eigenvalue weighted by molar-refractivity contribution is -0.120. The molecule has 1 heterocycles. The number of hydrogen-bond donors (Lipinski definition) is 1. The number of tetrazole rings is 1. The molecule has 1 N–H and O–H groups in total. The summed E-state index contributed by atoms with van der Waals surface area (Å²) >= 11 is 1.36. The van der Waals surface area contributed by atoms with Gasteiger partial charge >= 0.3 is 0 Å². The highest BCUT2D eigenvalue weighted by molar-refractivity contribution is 8.00. The third kappa shape index (κ3) is 5.92. The summed E-state index contributed by atoms with van der Waals surface area (Å²) in [7, 11) is 0. The van der Waals surface area contributed by atoms with Gasteiger partial charge in [0.25, 0.3) is 0 Å². The molecular formula is C23H29N5OS. The Morgan fingerprint density at radius 3 is 2.40 bits per heavy atom. The van der Waals surface area contributed by atoms with Gasteiger partial charge in [0.2, 0.25) is 11.1 Å². The van der Waals surface area contributed by atoms with Gasteiger partial charge in [-0.15, -0.1) is 5.10 Å². The first-order valence-electron chi connectivity index (χ1n) is 10.3. The van der Waals surface area contributed by atoms with Crippen molar-refractivity contribution in [1.82, 2.24) is 25.5 Å². The van der Waals surface area contributed by atoms with Crippen molar-refractivity contribution in [1.29, 1.82) is 0 Å². The van der Waals surface area contributed by atoms with E-state index >= 15 is 0 Å². The van der Waals surface area contributed by atoms with Crippen LogP contribution in [0.5, 0.6) is 0 Å². The van der Waals surface area contributed by atoms with Crippen LogP contribution in [-0.4, -0.2) is 37.4 Å². The van der Waals surface area contributed by atoms with E-state index in [2.05, 4.69) is 59.0 Å². The van der Waals surface area contributed by atoms with Crippen molar-refractivity contribution in [2.24, 2.45) is 0 Å². The van der Waals surface area contributed by atoms with Gasteiger partial charge in [-0.1, -0.05) is 68.1 Å². The molecule has 0 saturated heterocycles. The van der Waals surface area contributed by atoms with Crippen LogP contribution in [0, 0.1) is 0 Å². The van der Waals surface area contributed by atoms with Gasteiger partial charge in [-0.2, -0.15) is 4.68 Å². The van der Waals surface area contributed by atoms with Crippen molar-refractivity contribution in [3.63, 3.8) is 0 Å². The molecular weight excluding hydrogens is 394 g/mol. The van der Waals surface area contributed by atoms with Crippen LogP contribution in [0.3, 0.4) is 0 Å². The molecule has 0 aliphatic rings. The second kappa shape index (κ2) is 10.4. The minimum atomic E-state index is -0.302. The highest BCUT2D eigenvalue weighted by Gasteiger charge is 2.20. The number of carbonyl (C=O) groups is 1. The average Bonchev–Trinajstić information content (AvgIpc) is 3.21. The number of carbonyl (C=O) groups excluding carboxylic acids is 1. The molecule has 0 aliphatic heterocycles. The van der Waals surface area contributed by atoms with Crippen LogP contribution < -0.4 is 5.32 Å². The summed E-state index contributed by atoms with van der Waals surface area (Å²) in [6.07, 6.45) is 1.83. The zero-order valence-electron chi connectivity index (χ0n) is 17.9. The van der Waals surface area contributed by atoms with Crippen LogP contribution in [0.1, 0.15) is 51.2 Å². The lowest BCUT2D eigenvalue weighted by Crippen LogP contribution is -2.38. The summed E-state index contributed by atoms with van der Waals surface area (Å²) in [5.74, 6) is 0.458. The minimum Gasteiger partial charge on any atom is -0.353 e. The maximum Gasteiger partial charge on any atom is 0.233 e. The summed E-state index contributed by atoms with van der Waals surface area (Å²) < 4.78 is 1.68. The smallest absolute Gasteiger partial charge is 0.233 e. The fraction of sp³-hybridized carbons (Fsp3) is 0.391. The predicted molar refractivity (Wildman–Crippen MR) is 121 cm³/mol. The van der Waals surface area contributed by atoms with Crippen LogP contribution in [0.25, 0.3) is 5.69 Å². The molecule has 158 valence electrons. The quantitative estimate of drug-likeness (QED) is 0.516. The van der Waals surface area contributed by atoms with E-state index in [-0.39, 0.29) is 17.2 Å². The Balaban J connectivity index is 1.56. The first kappa shape index (κ1) is 22.0. The predicted octanol–water partition coefficient (Wildman–Crippen LogP) is 4.40. The Labute approximate surface area is 182 Å². The molecule has 0 saturated carbocycles. The van der Waals surface area contributed by atoms with Crippen LogP contribution in [0.15, 0.2) is 59.8 Å². The number of thioether (sulfide) groups is 1. The third-order valence-electron chi connectivity index (χ3n) is 4.99. The second-order valence-corrected chi connectivity index (χ2v) is 9.12. The standard InChI is InChI=1S/C23H29N5OS/c1-16(2)20-12-14-21(15-13-20)28-23(25-26-27-28)30-18(4)22(29)24-17(3)10-11-19-8-6-5-7-9-19/h5-9,12-18H,10-11H2,1-4H3,(H,24,29)/t17-,18-/m1/s1. The van der Waals surface area contributed by atoms with Gasteiger partial charge in [0.05, 0.1) is 10.9 Å². The largest absolute Gasteiger partial charge is 0.353 e. The van der Waals surface area contributed by atoms with E-state index in [1.807, 2.05) is 44.2 Å². The molecule has 6 nitrogen and oxygen atoms in total. The zero-order valence-corrected chi connectivity index (χ0v) is 18.8. The molecule has 30 heavy (non-hydrogen) atoms. The van der Waals surface area contributed by atoms with E-state index in [1.54, 1.807) is 4.68 Å². The number of aryl methyl sites for hydroxylation is 1. The van der Waals surface area contributed by atoms with E-state index in [1.165, 1.54) is 22.9 Å². The number of amides is 1. The van der Waals surface area contributed by atoms with Crippen LogP contribution in [-0.2, 0) is 11.2 Å². The van der Waals surface area contributed by atoms with Crippen molar-refractivity contribution in [3.05, 3.63) is 65.7 Å². The summed E-state index contributed by atoms with van der Waals surface area (Å²) in [4.78, 5) is 12.6. The SMILES string of the molecule is CC(C)c1ccc(-n2nnnc2S[C@H](C)C(=O)N[C@H](C)CCc2ccccc2)cc1. The molecule has 0 spiro atoms. The molecule has 0 aliphatic carbocycles. The van der Waals surface area contributed by atoms with E-state index in [9.17, 15) is 4.79 Å². The first-order chi connectivity index (χ1) is 14.4. The number of hydrogen-bond acceptors (Lipinski definition) is 5. The van der Waals surface area contributed by atoms with Crippen LogP contribution in [0.2, 0.25) is 0 Å². The molecule has 2 atom stereocenters. The normalized spacial score (nSPS) is 13.2. The van der Waals surface area contributed by atoms with Crippen molar-refractivity contribution in [2.45, 2.75) is 62.9 Å². The third-order valence-corrected chi connectivity index (χ3v) is 6.03. The summed E-state index contributed by atoms with van der Waals surface area (Å²) in [5, 5.41) is 15.4. The first-order valence-corrected chi connectivity index (χ1v) is 11.2. The summed E-state index contributed by atoms with van der Waals surface area (Å²) in [6.45, 7) is 8.24. The minimum absolute atomic E-state index is 0.00901. The average molecular weight is 424 g/mol. The maximum absolute atomic E-state index is 12.6. The van der Waals surface area contributed by atoms with E-state index in [0.717, 1.165) is 18.5 Å². The number of aromatic nitrogens is 4. The maximum atomic E-state index is 12.6. The Morgan fingerprint density at radius 1 is 1.03 bits per heavy atom. The Bertz CT molecular complexity index is 940. The summed E-state index contributed by atoms with van der Waals surface area (Å²) in [6, 6.07) is 18.6. The lowest BCUT2D eigenvalue weighted by atomic mass is 10.0. The van der Waals surface area contributed by atoms with Gasteiger partial charge in [-0.3, -0.25) is 4.79 Å². The van der Waals surface area contributed by atoms with E-state index in [0.29, 0.717) is 11.1 Å². The fourth-order valence-corrected chi connectivity index (χ4v) is 3.90. The molecule has 0 fully saturated rings. The number of nitrogens with zero attached hydrogens (tertiary/aromatic N) is 4. The van der Waals surface area contributed by atoms with Crippen molar-refractivity contribution in [2.75, 3.05) is 0 Å². The second-order valence-electron chi connectivity index (χ2n) is 7.81. The highest BCUT2D eigenvalue weighted by Crippen LogP contribution is 2.24. The van der Waals surface area contributed by atoms with Crippen LogP contribution >= 0.6 is 11.8 Å². The molecule has 0 radical (unpaired) electrons. The van der Waals surface area contributed by atoms with Gasteiger partial charge in [0, 0.05) is 6.04 Å². The monoisotopic (exact) mass is 423 g/mol. The summed E-state index contributed by atoms with van der Waals surface area (Å²) in [5.41, 5.74) is 3.43. The molecule has 0 bridgehead atoms. The molecule has 7 heteroatoms. The highest BCUT2D eigenvalue weighted by atomic mass is 32.2. The van der Waals surface area contributed by atoms with Gasteiger partial charge in [0.1, 0.15) is 0 Å². The lowest BCUT2D eigenvalue weighted by Gasteiger charge is -2.17. The van der Waals surface area contributed by atoms with Gasteiger partial charge in [-0.25, -0.2) is 0 Å². The van der Waals surface area contributed by atoms with Gasteiger partial charge in [0.15, 0.2) is 0 Å². The molecule has 0 unspecified atom stereocenters. The van der Waals surface area contributed by atoms with Crippen molar-refractivity contribution >= 4 is 17.7 Å². The van der Waals surface area contributed by atoms with Crippen molar-refractivity contribution in [3.8, 4) is 5.69 Å². The number of benzene rings is 2.